The van der Waals surface area contributed by atoms with E-state index in [1.165, 1.54) is 6.07 Å². The number of carbonyl (C=O) groups is 1. The van der Waals surface area contributed by atoms with Crippen molar-refractivity contribution < 1.29 is 19.4 Å². The predicted octanol–water partition coefficient (Wildman–Crippen LogP) is 5.84. The normalized spacial score (nSPS) is 12.9. The molecular weight excluding hydrogens is 364 g/mol. The summed E-state index contributed by atoms with van der Waals surface area (Å²) in [5.41, 5.74) is 0.185. The second-order valence-corrected chi connectivity index (χ2v) is 6.43. The molecule has 1 aromatic carbocycles. The van der Waals surface area contributed by atoms with Crippen LogP contribution in [-0.4, -0.2) is 29.5 Å². The van der Waals surface area contributed by atoms with Gasteiger partial charge < -0.3 is 14.6 Å². The van der Waals surface area contributed by atoms with Crippen LogP contribution in [0.15, 0.2) is 48.6 Å². The van der Waals surface area contributed by atoms with Crippen LogP contribution < -0.4 is 9.47 Å². The number of Topliss-reactive ketones (excluding diaryl/α,β-unsaturated/α-hetero) is 1. The number of phenols is 1. The van der Waals surface area contributed by atoms with Crippen LogP contribution >= 0.6 is 11.6 Å². The molecule has 0 heterocycles. The van der Waals surface area contributed by atoms with Crippen LogP contribution in [0.1, 0.15) is 50.4 Å². The molecule has 0 aromatic heterocycles. The largest absolute Gasteiger partial charge is 0.507 e. The fraction of sp³-hybridized carbons (Fsp3) is 0.409. The lowest BCUT2D eigenvalue weighted by Crippen LogP contribution is -2.06. The van der Waals surface area contributed by atoms with Gasteiger partial charge in [-0.05, 0) is 19.8 Å². The van der Waals surface area contributed by atoms with Crippen molar-refractivity contribution >= 4 is 17.4 Å². The Labute approximate surface area is 167 Å². The number of rotatable bonds is 12. The van der Waals surface area contributed by atoms with Crippen LogP contribution in [0.25, 0.3) is 0 Å². The van der Waals surface area contributed by atoms with E-state index in [9.17, 15) is 9.90 Å². The van der Waals surface area contributed by atoms with Crippen molar-refractivity contribution in [2.24, 2.45) is 0 Å². The average molecular weight is 393 g/mol. The molecule has 1 aromatic rings. The third-order valence-corrected chi connectivity index (χ3v) is 3.78. The second kappa shape index (κ2) is 13.0. The number of allylic oxidation sites excluding steroid dienone is 6. The van der Waals surface area contributed by atoms with Crippen molar-refractivity contribution in [3.05, 3.63) is 54.2 Å². The van der Waals surface area contributed by atoms with Gasteiger partial charge in [0, 0.05) is 18.6 Å². The molecule has 0 saturated carbocycles. The quantitative estimate of drug-likeness (QED) is 0.210. The topological polar surface area (TPSA) is 55.8 Å². The van der Waals surface area contributed by atoms with E-state index in [1.54, 1.807) is 24.3 Å². The molecule has 1 rings (SSSR count). The van der Waals surface area contributed by atoms with Crippen molar-refractivity contribution in [3.8, 4) is 17.2 Å². The molecule has 27 heavy (non-hydrogen) atoms. The number of alkyl halides is 1. The summed E-state index contributed by atoms with van der Waals surface area (Å²) < 4.78 is 11.2. The Kier molecular flexibility index (Phi) is 11.0. The summed E-state index contributed by atoms with van der Waals surface area (Å²) in [5.74, 6) is 0.497. The molecular formula is C22H29ClO4. The number of hydrogen-bond donors (Lipinski definition) is 1. The molecule has 0 radical (unpaired) electrons. The summed E-state index contributed by atoms with van der Waals surface area (Å²) in [7, 11) is 0. The monoisotopic (exact) mass is 392 g/mol. The van der Waals surface area contributed by atoms with Gasteiger partial charge in [-0.2, -0.15) is 0 Å². The van der Waals surface area contributed by atoms with Gasteiger partial charge in [-0.3, -0.25) is 4.79 Å². The summed E-state index contributed by atoms with van der Waals surface area (Å²) >= 11 is 6.02. The molecule has 0 spiro atoms. The Morgan fingerprint density at radius 3 is 2.52 bits per heavy atom. The van der Waals surface area contributed by atoms with Crippen molar-refractivity contribution in [2.75, 3.05) is 13.2 Å². The highest BCUT2D eigenvalue weighted by Crippen LogP contribution is 2.34. The Morgan fingerprint density at radius 2 is 1.85 bits per heavy atom. The van der Waals surface area contributed by atoms with Gasteiger partial charge in [-0.1, -0.05) is 50.3 Å². The molecule has 148 valence electrons. The van der Waals surface area contributed by atoms with E-state index >= 15 is 0 Å². The van der Waals surface area contributed by atoms with Gasteiger partial charge in [0.15, 0.2) is 5.78 Å². The number of aromatic hydroxyl groups is 1. The smallest absolute Gasteiger partial charge is 0.174 e. The minimum absolute atomic E-state index is 0.127. The maximum absolute atomic E-state index is 12.6. The highest BCUT2D eigenvalue weighted by Gasteiger charge is 2.19. The van der Waals surface area contributed by atoms with Crippen molar-refractivity contribution in [3.63, 3.8) is 0 Å². The Balaban J connectivity index is 2.90. The van der Waals surface area contributed by atoms with Crippen LogP contribution in [0.2, 0.25) is 0 Å². The Bertz CT molecular complexity index is 677. The highest BCUT2D eigenvalue weighted by molar-refractivity contribution is 6.23. The number of carbonyl (C=O) groups excluding carboxylic acids is 1. The standard InChI is InChI=1S/C22H29ClO4/c1-4-10-17(23)11-8-7-9-12-19(24)22-20(25)15-18(26-13-5-2)16-21(22)27-14-6-3/h4,7-11,15-17,25H,5-6,12-14H2,1-3H3/b9-7+,10-4-,11-8?. The van der Waals surface area contributed by atoms with E-state index in [-0.39, 0.29) is 28.9 Å². The van der Waals surface area contributed by atoms with Crippen LogP contribution in [-0.2, 0) is 0 Å². The second-order valence-electron chi connectivity index (χ2n) is 5.92. The van der Waals surface area contributed by atoms with E-state index in [0.29, 0.717) is 24.7 Å². The molecule has 0 aliphatic carbocycles. The number of ketones is 1. The van der Waals surface area contributed by atoms with Gasteiger partial charge >= 0.3 is 0 Å². The van der Waals surface area contributed by atoms with E-state index < -0.39 is 0 Å². The molecule has 5 heteroatoms. The molecule has 0 aliphatic rings. The van der Waals surface area contributed by atoms with Gasteiger partial charge in [0.05, 0.1) is 18.6 Å². The lowest BCUT2D eigenvalue weighted by Gasteiger charge is -2.14. The van der Waals surface area contributed by atoms with Gasteiger partial charge in [0.25, 0.3) is 0 Å². The molecule has 0 saturated heterocycles. The zero-order valence-electron chi connectivity index (χ0n) is 16.3. The lowest BCUT2D eigenvalue weighted by molar-refractivity contribution is 0.0989. The molecule has 0 bridgehead atoms. The lowest BCUT2D eigenvalue weighted by atomic mass is 10.0. The highest BCUT2D eigenvalue weighted by atomic mass is 35.5. The Hall–Kier alpha value is -2.20. The molecule has 0 aliphatic heterocycles. The zero-order chi connectivity index (χ0) is 20.1. The van der Waals surface area contributed by atoms with Gasteiger partial charge in [-0.15, -0.1) is 11.6 Å². The van der Waals surface area contributed by atoms with E-state index in [4.69, 9.17) is 21.1 Å². The summed E-state index contributed by atoms with van der Waals surface area (Å²) in [6, 6.07) is 3.12. The molecule has 4 nitrogen and oxygen atoms in total. The van der Waals surface area contributed by atoms with Crippen molar-refractivity contribution in [1.82, 2.24) is 0 Å². The van der Waals surface area contributed by atoms with Gasteiger partial charge in [0.1, 0.15) is 22.8 Å². The van der Waals surface area contributed by atoms with Gasteiger partial charge in [-0.25, -0.2) is 0 Å². The SMILES string of the molecule is C/C=C\C(Cl)C=C/C=C/CC(=O)c1c(O)cc(OCCC)cc1OCCC. The fourth-order valence-corrected chi connectivity index (χ4v) is 2.49. The Morgan fingerprint density at radius 1 is 1.15 bits per heavy atom. The van der Waals surface area contributed by atoms with Crippen LogP contribution in [0.5, 0.6) is 17.2 Å². The summed E-state index contributed by atoms with van der Waals surface area (Å²) in [6.07, 6.45) is 12.6. The van der Waals surface area contributed by atoms with Gasteiger partial charge in [0.2, 0.25) is 0 Å². The minimum atomic E-state index is -0.221. The van der Waals surface area contributed by atoms with Crippen molar-refractivity contribution in [1.29, 1.82) is 0 Å². The zero-order valence-corrected chi connectivity index (χ0v) is 17.0. The van der Waals surface area contributed by atoms with Crippen molar-refractivity contribution in [2.45, 2.75) is 45.4 Å². The molecule has 0 fully saturated rings. The van der Waals surface area contributed by atoms with E-state index in [0.717, 1.165) is 12.8 Å². The van der Waals surface area contributed by atoms with Crippen LogP contribution in [0.4, 0.5) is 0 Å². The number of benzene rings is 1. The number of ether oxygens (including phenoxy) is 2. The first-order valence-electron chi connectivity index (χ1n) is 9.29. The predicted molar refractivity (Wildman–Crippen MR) is 111 cm³/mol. The molecule has 0 amide bonds. The first-order chi connectivity index (χ1) is 13.0. The van der Waals surface area contributed by atoms with Crippen LogP contribution in [0, 0.1) is 0 Å². The van der Waals surface area contributed by atoms with E-state index in [2.05, 4.69) is 0 Å². The first-order valence-corrected chi connectivity index (χ1v) is 9.73. The number of halogens is 1. The third kappa shape index (κ3) is 8.35. The average Bonchev–Trinajstić information content (AvgIpc) is 2.64. The summed E-state index contributed by atoms with van der Waals surface area (Å²) in [4.78, 5) is 12.6. The van der Waals surface area contributed by atoms with Crippen LogP contribution in [0.3, 0.4) is 0 Å². The molecule has 1 unspecified atom stereocenters. The third-order valence-electron chi connectivity index (χ3n) is 3.49. The maximum atomic E-state index is 12.6. The first kappa shape index (κ1) is 22.8. The number of phenolic OH excluding ortho intramolecular Hbond substituents is 1. The minimum Gasteiger partial charge on any atom is -0.507 e. The summed E-state index contributed by atoms with van der Waals surface area (Å²) in [6.45, 7) is 6.87. The maximum Gasteiger partial charge on any atom is 0.174 e. The van der Waals surface area contributed by atoms with E-state index in [1.807, 2.05) is 39.0 Å². The summed E-state index contributed by atoms with van der Waals surface area (Å²) in [5, 5.41) is 10.2. The molecule has 1 atom stereocenters. The fourth-order valence-electron chi connectivity index (χ4n) is 2.26. The number of hydrogen-bond acceptors (Lipinski definition) is 4. The molecule has 1 N–H and O–H groups in total.